The molecule has 2 rings (SSSR count). The van der Waals surface area contributed by atoms with Gasteiger partial charge in [0.2, 0.25) is 0 Å². The van der Waals surface area contributed by atoms with E-state index in [2.05, 4.69) is 6.07 Å². The number of ether oxygens (including phenoxy) is 1. The van der Waals surface area contributed by atoms with Crippen LogP contribution in [0.4, 0.5) is 0 Å². The second-order valence-corrected chi connectivity index (χ2v) is 5.46. The van der Waals surface area contributed by atoms with Crippen molar-refractivity contribution < 1.29 is 9.53 Å². The van der Waals surface area contributed by atoms with Crippen LogP contribution < -0.4 is 4.74 Å². The number of ketones is 1. The lowest BCUT2D eigenvalue weighted by Gasteiger charge is -2.06. The molecule has 0 spiro atoms. The monoisotopic (exact) mass is 262 g/mol. The highest BCUT2D eigenvalue weighted by Gasteiger charge is 2.11. The van der Waals surface area contributed by atoms with Gasteiger partial charge in [-0.2, -0.15) is 0 Å². The molecule has 0 saturated carbocycles. The standard InChI is InChI=1S/C15H18O2S/c1-4-6-12(16)15-9-11-8-13(17-5-2)10(3)7-14(11)18-15/h7-9H,4-6H2,1-3H3. The Morgan fingerprint density at radius 1 is 1.28 bits per heavy atom. The van der Waals surface area contributed by atoms with Gasteiger partial charge in [-0.05, 0) is 49.4 Å². The number of aryl methyl sites for hydroxylation is 1. The normalized spacial score (nSPS) is 10.8. The van der Waals surface area contributed by atoms with E-state index in [-0.39, 0.29) is 5.78 Å². The molecule has 0 fully saturated rings. The van der Waals surface area contributed by atoms with Crippen LogP contribution in [-0.4, -0.2) is 12.4 Å². The Morgan fingerprint density at radius 3 is 2.72 bits per heavy atom. The second-order valence-electron chi connectivity index (χ2n) is 4.37. The molecule has 0 saturated heterocycles. The van der Waals surface area contributed by atoms with E-state index in [1.807, 2.05) is 32.9 Å². The summed E-state index contributed by atoms with van der Waals surface area (Å²) in [5.41, 5.74) is 1.13. The number of fused-ring (bicyclic) bond motifs is 1. The van der Waals surface area contributed by atoms with E-state index in [4.69, 9.17) is 4.74 Å². The van der Waals surface area contributed by atoms with Crippen LogP contribution in [-0.2, 0) is 0 Å². The van der Waals surface area contributed by atoms with Gasteiger partial charge in [-0.3, -0.25) is 4.79 Å². The molecule has 0 aliphatic rings. The third kappa shape index (κ3) is 2.56. The van der Waals surface area contributed by atoms with Gasteiger partial charge in [0.15, 0.2) is 5.78 Å². The number of rotatable bonds is 5. The average Bonchev–Trinajstić information content (AvgIpc) is 2.73. The summed E-state index contributed by atoms with van der Waals surface area (Å²) in [7, 11) is 0. The predicted octanol–water partition coefficient (Wildman–Crippen LogP) is 4.59. The molecule has 0 bridgehead atoms. The summed E-state index contributed by atoms with van der Waals surface area (Å²) in [5, 5.41) is 1.11. The Bertz CT molecular complexity index is 569. The minimum absolute atomic E-state index is 0.245. The molecule has 0 radical (unpaired) electrons. The molecule has 2 nitrogen and oxygen atoms in total. The molecule has 0 N–H and O–H groups in total. The van der Waals surface area contributed by atoms with E-state index in [1.54, 1.807) is 11.3 Å². The summed E-state index contributed by atoms with van der Waals surface area (Å²) in [6.45, 7) is 6.71. The minimum Gasteiger partial charge on any atom is -0.494 e. The van der Waals surface area contributed by atoms with Crippen molar-refractivity contribution in [2.75, 3.05) is 6.61 Å². The first-order valence-corrected chi connectivity index (χ1v) is 7.17. The fourth-order valence-electron chi connectivity index (χ4n) is 1.97. The van der Waals surface area contributed by atoms with Crippen LogP contribution in [0, 0.1) is 6.92 Å². The Labute approximate surface area is 112 Å². The lowest BCUT2D eigenvalue weighted by molar-refractivity contribution is 0.0985. The molecule has 1 aromatic heterocycles. The SMILES string of the molecule is CCCC(=O)c1cc2cc(OCC)c(C)cc2s1. The lowest BCUT2D eigenvalue weighted by Crippen LogP contribution is -1.93. The van der Waals surface area contributed by atoms with Crippen molar-refractivity contribution in [3.8, 4) is 5.75 Å². The molecule has 96 valence electrons. The molecule has 3 heteroatoms. The Kier molecular flexibility index (Phi) is 4.02. The number of thiophene rings is 1. The summed E-state index contributed by atoms with van der Waals surface area (Å²) in [5.74, 6) is 1.16. The molecule has 0 unspecified atom stereocenters. The number of hydrogen-bond donors (Lipinski definition) is 0. The first-order chi connectivity index (χ1) is 8.65. The van der Waals surface area contributed by atoms with Gasteiger partial charge < -0.3 is 4.74 Å². The third-order valence-electron chi connectivity index (χ3n) is 2.87. The maximum atomic E-state index is 11.9. The average molecular weight is 262 g/mol. The van der Waals surface area contributed by atoms with Crippen molar-refractivity contribution in [3.63, 3.8) is 0 Å². The summed E-state index contributed by atoms with van der Waals surface area (Å²) < 4.78 is 6.74. The Balaban J connectivity index is 2.42. The first-order valence-electron chi connectivity index (χ1n) is 6.35. The van der Waals surface area contributed by atoms with Crippen molar-refractivity contribution in [3.05, 3.63) is 28.6 Å². The van der Waals surface area contributed by atoms with Crippen molar-refractivity contribution >= 4 is 27.2 Å². The van der Waals surface area contributed by atoms with E-state index < -0.39 is 0 Å². The molecule has 1 heterocycles. The quantitative estimate of drug-likeness (QED) is 0.737. The highest BCUT2D eigenvalue weighted by atomic mass is 32.1. The van der Waals surface area contributed by atoms with Crippen LogP contribution in [0.25, 0.3) is 10.1 Å². The van der Waals surface area contributed by atoms with Crippen LogP contribution in [0.1, 0.15) is 41.9 Å². The van der Waals surface area contributed by atoms with Crippen LogP contribution in [0.2, 0.25) is 0 Å². The van der Waals surface area contributed by atoms with Crippen molar-refractivity contribution in [2.24, 2.45) is 0 Å². The fraction of sp³-hybridized carbons (Fsp3) is 0.400. The third-order valence-corrected chi connectivity index (χ3v) is 4.00. The summed E-state index contributed by atoms with van der Waals surface area (Å²) in [4.78, 5) is 12.8. The smallest absolute Gasteiger partial charge is 0.172 e. The minimum atomic E-state index is 0.245. The molecule has 2 aromatic rings. The Morgan fingerprint density at radius 2 is 2.06 bits per heavy atom. The zero-order chi connectivity index (χ0) is 13.1. The highest BCUT2D eigenvalue weighted by Crippen LogP contribution is 2.32. The highest BCUT2D eigenvalue weighted by molar-refractivity contribution is 7.20. The molecule has 0 aliphatic carbocycles. The summed E-state index contributed by atoms with van der Waals surface area (Å²) in [6, 6.07) is 6.13. The van der Waals surface area contributed by atoms with Gasteiger partial charge in [0.25, 0.3) is 0 Å². The maximum absolute atomic E-state index is 11.9. The largest absolute Gasteiger partial charge is 0.494 e. The van der Waals surface area contributed by atoms with Gasteiger partial charge in [0.05, 0.1) is 11.5 Å². The second kappa shape index (κ2) is 5.53. The molecule has 18 heavy (non-hydrogen) atoms. The van der Waals surface area contributed by atoms with Crippen molar-refractivity contribution in [2.45, 2.75) is 33.6 Å². The van der Waals surface area contributed by atoms with E-state index in [1.165, 1.54) is 0 Å². The summed E-state index contributed by atoms with van der Waals surface area (Å²) >= 11 is 1.58. The van der Waals surface area contributed by atoms with E-state index in [0.717, 1.165) is 32.7 Å². The van der Waals surface area contributed by atoms with Crippen molar-refractivity contribution in [1.29, 1.82) is 0 Å². The zero-order valence-corrected chi connectivity index (χ0v) is 11.9. The predicted molar refractivity (Wildman–Crippen MR) is 77.0 cm³/mol. The van der Waals surface area contributed by atoms with E-state index in [9.17, 15) is 4.79 Å². The van der Waals surface area contributed by atoms with Crippen LogP contribution in [0.15, 0.2) is 18.2 Å². The van der Waals surface area contributed by atoms with Crippen LogP contribution in [0.3, 0.4) is 0 Å². The number of carbonyl (C=O) groups is 1. The zero-order valence-electron chi connectivity index (χ0n) is 11.1. The molecular weight excluding hydrogens is 244 g/mol. The van der Waals surface area contributed by atoms with Gasteiger partial charge in [-0.1, -0.05) is 6.92 Å². The molecule has 0 aliphatic heterocycles. The fourth-order valence-corrected chi connectivity index (χ4v) is 3.08. The Hall–Kier alpha value is -1.35. The molecule has 1 aromatic carbocycles. The van der Waals surface area contributed by atoms with E-state index >= 15 is 0 Å². The van der Waals surface area contributed by atoms with Gasteiger partial charge in [-0.25, -0.2) is 0 Å². The molecule has 0 atom stereocenters. The van der Waals surface area contributed by atoms with Crippen molar-refractivity contribution in [1.82, 2.24) is 0 Å². The first kappa shape index (κ1) is 13.1. The topological polar surface area (TPSA) is 26.3 Å². The number of carbonyl (C=O) groups excluding carboxylic acids is 1. The molecule has 0 amide bonds. The van der Waals surface area contributed by atoms with Gasteiger partial charge in [-0.15, -0.1) is 11.3 Å². The lowest BCUT2D eigenvalue weighted by atomic mass is 10.1. The number of Topliss-reactive ketones (excluding diaryl/α,β-unsaturated/α-hetero) is 1. The van der Waals surface area contributed by atoms with Gasteiger partial charge >= 0.3 is 0 Å². The van der Waals surface area contributed by atoms with Crippen LogP contribution in [0.5, 0.6) is 5.75 Å². The number of benzene rings is 1. The van der Waals surface area contributed by atoms with Gasteiger partial charge in [0, 0.05) is 11.1 Å². The maximum Gasteiger partial charge on any atom is 0.172 e. The van der Waals surface area contributed by atoms with Gasteiger partial charge in [0.1, 0.15) is 5.75 Å². The summed E-state index contributed by atoms with van der Waals surface area (Å²) in [6.07, 6.45) is 1.53. The molecular formula is C15H18O2S. The number of hydrogen-bond acceptors (Lipinski definition) is 3. The van der Waals surface area contributed by atoms with Crippen LogP contribution >= 0.6 is 11.3 Å². The van der Waals surface area contributed by atoms with E-state index in [0.29, 0.717) is 13.0 Å².